The van der Waals surface area contributed by atoms with Gasteiger partial charge in [-0.1, -0.05) is 0 Å². The van der Waals surface area contributed by atoms with Gasteiger partial charge in [-0.3, -0.25) is 4.79 Å². The van der Waals surface area contributed by atoms with Gasteiger partial charge in [0.2, 0.25) is 0 Å². The SMILES string of the molecule is CCOCCOCCC(=O)OCC. The van der Waals surface area contributed by atoms with E-state index in [4.69, 9.17) is 14.2 Å². The van der Waals surface area contributed by atoms with Crippen molar-refractivity contribution >= 4 is 5.97 Å². The second-order valence-electron chi connectivity index (χ2n) is 2.36. The van der Waals surface area contributed by atoms with Gasteiger partial charge in [0, 0.05) is 6.61 Å². The fourth-order valence-corrected chi connectivity index (χ4v) is 0.753. The zero-order chi connectivity index (χ0) is 9.94. The van der Waals surface area contributed by atoms with Crippen LogP contribution in [0.2, 0.25) is 0 Å². The summed E-state index contributed by atoms with van der Waals surface area (Å²) in [6.07, 6.45) is 0.319. The average molecular weight is 190 g/mol. The zero-order valence-corrected chi connectivity index (χ0v) is 8.38. The molecule has 0 bridgehead atoms. The highest BCUT2D eigenvalue weighted by molar-refractivity contribution is 5.69. The summed E-state index contributed by atoms with van der Waals surface area (Å²) >= 11 is 0. The average Bonchev–Trinajstić information content (AvgIpc) is 2.11. The second kappa shape index (κ2) is 9.48. The number of hydrogen-bond acceptors (Lipinski definition) is 4. The molecule has 0 saturated carbocycles. The van der Waals surface area contributed by atoms with Crippen molar-refractivity contribution in [3.8, 4) is 0 Å². The van der Waals surface area contributed by atoms with Crippen LogP contribution in [-0.2, 0) is 19.0 Å². The molecule has 0 aliphatic rings. The van der Waals surface area contributed by atoms with Crippen molar-refractivity contribution in [3.63, 3.8) is 0 Å². The van der Waals surface area contributed by atoms with Gasteiger partial charge in [-0.05, 0) is 13.8 Å². The molecule has 13 heavy (non-hydrogen) atoms. The first-order valence-electron chi connectivity index (χ1n) is 4.62. The van der Waals surface area contributed by atoms with Crippen LogP contribution in [0, 0.1) is 0 Å². The Bertz CT molecular complexity index is 125. The Morgan fingerprint density at radius 3 is 2.31 bits per heavy atom. The van der Waals surface area contributed by atoms with Gasteiger partial charge >= 0.3 is 5.97 Å². The van der Waals surface area contributed by atoms with Crippen molar-refractivity contribution in [2.24, 2.45) is 0 Å². The number of carbonyl (C=O) groups excluding carboxylic acids is 1. The molecule has 0 aromatic rings. The third-order valence-corrected chi connectivity index (χ3v) is 1.33. The maximum atomic E-state index is 10.8. The van der Waals surface area contributed by atoms with Crippen LogP contribution in [0.1, 0.15) is 20.3 Å². The third-order valence-electron chi connectivity index (χ3n) is 1.33. The van der Waals surface area contributed by atoms with Gasteiger partial charge < -0.3 is 14.2 Å². The smallest absolute Gasteiger partial charge is 0.308 e. The van der Waals surface area contributed by atoms with E-state index in [0.29, 0.717) is 39.5 Å². The minimum Gasteiger partial charge on any atom is -0.466 e. The van der Waals surface area contributed by atoms with E-state index in [2.05, 4.69) is 0 Å². The summed E-state index contributed by atoms with van der Waals surface area (Å²) < 4.78 is 14.9. The lowest BCUT2D eigenvalue weighted by atomic mass is 10.5. The molecule has 78 valence electrons. The van der Waals surface area contributed by atoms with Gasteiger partial charge in [0.15, 0.2) is 0 Å². The Hall–Kier alpha value is -0.610. The molecule has 0 N–H and O–H groups in total. The van der Waals surface area contributed by atoms with Gasteiger partial charge in [-0.15, -0.1) is 0 Å². The molecule has 0 unspecified atom stereocenters. The molecule has 0 aromatic carbocycles. The quantitative estimate of drug-likeness (QED) is 0.423. The normalized spacial score (nSPS) is 10.0. The highest BCUT2D eigenvalue weighted by Crippen LogP contribution is 1.88. The first-order chi connectivity index (χ1) is 6.31. The monoisotopic (exact) mass is 190 g/mol. The molecule has 0 heterocycles. The fraction of sp³-hybridized carbons (Fsp3) is 0.889. The van der Waals surface area contributed by atoms with Crippen molar-refractivity contribution in [2.75, 3.05) is 33.0 Å². The van der Waals surface area contributed by atoms with Crippen molar-refractivity contribution < 1.29 is 19.0 Å². The molecule has 0 spiro atoms. The molecule has 0 aromatic heterocycles. The van der Waals surface area contributed by atoms with E-state index in [0.717, 1.165) is 0 Å². The molecule has 0 rings (SSSR count). The van der Waals surface area contributed by atoms with Crippen molar-refractivity contribution in [2.45, 2.75) is 20.3 Å². The van der Waals surface area contributed by atoms with E-state index < -0.39 is 0 Å². The first kappa shape index (κ1) is 12.4. The standard InChI is InChI=1S/C9H18O4/c1-3-11-7-8-12-6-5-9(10)13-4-2/h3-8H2,1-2H3. The van der Waals surface area contributed by atoms with Gasteiger partial charge in [-0.25, -0.2) is 0 Å². The van der Waals surface area contributed by atoms with Crippen LogP contribution in [0.4, 0.5) is 0 Å². The Balaban J connectivity index is 3.02. The molecule has 4 heteroatoms. The Morgan fingerprint density at radius 2 is 1.69 bits per heavy atom. The molecule has 0 amide bonds. The molecular formula is C9H18O4. The molecular weight excluding hydrogens is 172 g/mol. The fourth-order valence-electron chi connectivity index (χ4n) is 0.753. The molecule has 0 aliphatic heterocycles. The van der Waals surface area contributed by atoms with Crippen LogP contribution in [0.3, 0.4) is 0 Å². The topological polar surface area (TPSA) is 44.8 Å². The summed E-state index contributed by atoms with van der Waals surface area (Å²) in [5.41, 5.74) is 0. The predicted molar refractivity (Wildman–Crippen MR) is 48.6 cm³/mol. The minimum atomic E-state index is -0.209. The van der Waals surface area contributed by atoms with Crippen LogP contribution in [0.25, 0.3) is 0 Å². The van der Waals surface area contributed by atoms with E-state index in [9.17, 15) is 4.79 Å². The maximum Gasteiger partial charge on any atom is 0.308 e. The Labute approximate surface area is 79.2 Å². The van der Waals surface area contributed by atoms with E-state index >= 15 is 0 Å². The summed E-state index contributed by atoms with van der Waals surface area (Å²) in [5.74, 6) is -0.209. The van der Waals surface area contributed by atoms with Crippen LogP contribution in [-0.4, -0.2) is 39.0 Å². The third kappa shape index (κ3) is 9.30. The van der Waals surface area contributed by atoms with Gasteiger partial charge in [0.1, 0.15) is 0 Å². The first-order valence-corrected chi connectivity index (χ1v) is 4.62. The molecule has 0 radical (unpaired) electrons. The lowest BCUT2D eigenvalue weighted by Gasteiger charge is -2.03. The summed E-state index contributed by atoms with van der Waals surface area (Å²) in [6, 6.07) is 0. The number of rotatable bonds is 8. The summed E-state index contributed by atoms with van der Waals surface area (Å²) in [6.45, 7) is 6.37. The Morgan fingerprint density at radius 1 is 1.00 bits per heavy atom. The Kier molecular flexibility index (Phi) is 9.03. The molecule has 0 atom stereocenters. The predicted octanol–water partition coefficient (Wildman–Crippen LogP) is 0.993. The molecule has 0 saturated heterocycles. The van der Waals surface area contributed by atoms with Crippen LogP contribution >= 0.6 is 0 Å². The number of esters is 1. The van der Waals surface area contributed by atoms with Crippen molar-refractivity contribution in [3.05, 3.63) is 0 Å². The number of carbonyl (C=O) groups is 1. The van der Waals surface area contributed by atoms with E-state index in [1.54, 1.807) is 6.92 Å². The lowest BCUT2D eigenvalue weighted by molar-refractivity contribution is -0.144. The van der Waals surface area contributed by atoms with Gasteiger partial charge in [-0.2, -0.15) is 0 Å². The highest BCUT2D eigenvalue weighted by atomic mass is 16.5. The summed E-state index contributed by atoms with van der Waals surface area (Å²) in [7, 11) is 0. The van der Waals surface area contributed by atoms with Gasteiger partial charge in [0.25, 0.3) is 0 Å². The summed E-state index contributed by atoms with van der Waals surface area (Å²) in [5, 5.41) is 0. The van der Waals surface area contributed by atoms with Crippen molar-refractivity contribution in [1.29, 1.82) is 0 Å². The van der Waals surface area contributed by atoms with Crippen molar-refractivity contribution in [1.82, 2.24) is 0 Å². The summed E-state index contributed by atoms with van der Waals surface area (Å²) in [4.78, 5) is 10.8. The van der Waals surface area contributed by atoms with Crippen LogP contribution in [0.15, 0.2) is 0 Å². The molecule has 0 aliphatic carbocycles. The molecule has 0 fully saturated rings. The molecule has 4 nitrogen and oxygen atoms in total. The van der Waals surface area contributed by atoms with Gasteiger partial charge in [0.05, 0.1) is 32.8 Å². The minimum absolute atomic E-state index is 0.209. The second-order valence-corrected chi connectivity index (χ2v) is 2.36. The highest BCUT2D eigenvalue weighted by Gasteiger charge is 1.99. The zero-order valence-electron chi connectivity index (χ0n) is 8.38. The van der Waals surface area contributed by atoms with E-state index in [-0.39, 0.29) is 5.97 Å². The van der Waals surface area contributed by atoms with Crippen LogP contribution < -0.4 is 0 Å². The van der Waals surface area contributed by atoms with E-state index in [1.807, 2.05) is 6.92 Å². The van der Waals surface area contributed by atoms with Crippen LogP contribution in [0.5, 0.6) is 0 Å². The maximum absolute atomic E-state index is 10.8. The number of hydrogen-bond donors (Lipinski definition) is 0. The largest absolute Gasteiger partial charge is 0.466 e. The lowest BCUT2D eigenvalue weighted by Crippen LogP contribution is -2.10. The number of ether oxygens (including phenoxy) is 3. The van der Waals surface area contributed by atoms with E-state index in [1.165, 1.54) is 0 Å².